The molecule has 0 spiro atoms. The van der Waals surface area contributed by atoms with E-state index >= 15 is 0 Å². The van der Waals surface area contributed by atoms with Gasteiger partial charge in [0.1, 0.15) is 17.3 Å². The molecule has 2 unspecified atom stereocenters. The van der Waals surface area contributed by atoms with Crippen LogP contribution in [0.2, 0.25) is 0 Å². The summed E-state index contributed by atoms with van der Waals surface area (Å²) in [4.78, 5) is 28.5. The van der Waals surface area contributed by atoms with Crippen LogP contribution in [0, 0.1) is 0 Å². The summed E-state index contributed by atoms with van der Waals surface area (Å²) in [6.45, 7) is 1.60. The van der Waals surface area contributed by atoms with Crippen LogP contribution >= 0.6 is 31.3 Å². The third-order valence-electron chi connectivity index (χ3n) is 6.87. The Morgan fingerprint density at radius 2 is 1.44 bits per heavy atom. The van der Waals surface area contributed by atoms with E-state index in [0.717, 1.165) is 25.1 Å². The van der Waals surface area contributed by atoms with Crippen LogP contribution in [-0.2, 0) is 18.4 Å². The zero-order valence-electron chi connectivity index (χ0n) is 23.5. The summed E-state index contributed by atoms with van der Waals surface area (Å²) in [5, 5.41) is 9.53. The molecule has 0 saturated heterocycles. The number of phosphoric ester groups is 1. The first-order valence-corrected chi connectivity index (χ1v) is 16.0. The second kappa shape index (κ2) is 13.0. The summed E-state index contributed by atoms with van der Waals surface area (Å²) in [5.41, 5.74) is 3.16. The van der Waals surface area contributed by atoms with Crippen molar-refractivity contribution in [2.24, 2.45) is 0 Å². The minimum atomic E-state index is -5.01. The molecule has 0 amide bonds. The number of phosphoric acid groups is 1. The first-order valence-electron chi connectivity index (χ1n) is 12.9. The van der Waals surface area contributed by atoms with E-state index in [1.54, 1.807) is 62.6 Å². The summed E-state index contributed by atoms with van der Waals surface area (Å²) in [6.07, 6.45) is 3.30. The number of aliphatic carboxylic acids is 1. The van der Waals surface area contributed by atoms with Crippen LogP contribution in [0.4, 0.5) is 0 Å². The Labute approximate surface area is 279 Å². The minimum absolute atomic E-state index is 0. The molecule has 0 bridgehead atoms. The molecule has 0 aliphatic carbocycles. The fraction of sp³-hybridized carbons (Fsp3) is 0.0938. The van der Waals surface area contributed by atoms with E-state index < -0.39 is 19.7 Å². The minimum Gasteiger partial charge on any atom is -0.736 e. The van der Waals surface area contributed by atoms with Crippen molar-refractivity contribution in [3.63, 3.8) is 0 Å². The van der Waals surface area contributed by atoms with Crippen LogP contribution in [0.15, 0.2) is 105 Å². The van der Waals surface area contributed by atoms with Crippen molar-refractivity contribution >= 4 is 61.0 Å². The number of rotatable bonds is 7. The number of fused-ring (bicyclic) bond motifs is 4. The Bertz CT molecular complexity index is 1840. The molecule has 6 rings (SSSR count). The van der Waals surface area contributed by atoms with Gasteiger partial charge in [-0.05, 0) is 72.2 Å². The van der Waals surface area contributed by atoms with Crippen molar-refractivity contribution in [3.8, 4) is 5.75 Å². The Balaban J connectivity index is 0.00000368. The third kappa shape index (κ3) is 6.64. The summed E-state index contributed by atoms with van der Waals surface area (Å²) >= 11 is 2.91. The SMILES string of the molecule is COc1cccc2c1Sc1ccccc1C=C2OP(=O)([O-])OC1=Cc2cc(C(C)C(=O)O)ccc2Sc2ccccc21.[Na+]. The monoisotopic (exact) mass is 638 g/mol. The standard InChI is InChI=1S/C32H25O7PS2.Na/c1-19(32(33)34)20-14-15-29-22(16-20)18-26(23-9-4-6-13-30(23)41-29)38-40(35,36)39-27-17-21-8-3-5-12-28(21)42-31-24(27)10-7-11-25(31)37-2;/h3-19H,1-2H3,(H,33,34)(H,35,36);/q;+1/p-1. The maximum Gasteiger partial charge on any atom is 1.00 e. The summed E-state index contributed by atoms with van der Waals surface area (Å²) in [6, 6.07) is 25.7. The number of methoxy groups -OCH3 is 1. The first kappa shape index (κ1) is 31.5. The topological polar surface area (TPSA) is 105 Å². The summed E-state index contributed by atoms with van der Waals surface area (Å²) in [7, 11) is -3.45. The molecule has 2 atom stereocenters. The van der Waals surface area contributed by atoms with Crippen molar-refractivity contribution in [1.82, 2.24) is 0 Å². The molecule has 11 heteroatoms. The van der Waals surface area contributed by atoms with Gasteiger partial charge >= 0.3 is 43.3 Å². The molecular weight excluding hydrogens is 614 g/mol. The van der Waals surface area contributed by atoms with E-state index in [9.17, 15) is 19.4 Å². The number of hydrogen-bond acceptors (Lipinski definition) is 8. The fourth-order valence-corrected chi connectivity index (χ4v) is 7.69. The molecule has 0 radical (unpaired) electrons. The third-order valence-corrected chi connectivity index (χ3v) is 10.1. The average molecular weight is 639 g/mol. The van der Waals surface area contributed by atoms with Gasteiger partial charge in [0.2, 0.25) is 0 Å². The van der Waals surface area contributed by atoms with Crippen LogP contribution in [0.1, 0.15) is 40.7 Å². The normalized spacial score (nSPS) is 15.1. The van der Waals surface area contributed by atoms with E-state index in [-0.39, 0.29) is 41.1 Å². The number of carboxylic acid groups (broad SMARTS) is 1. The maximum atomic E-state index is 13.6. The van der Waals surface area contributed by atoms with Gasteiger partial charge in [-0.15, -0.1) is 0 Å². The van der Waals surface area contributed by atoms with Crippen molar-refractivity contribution in [2.75, 3.05) is 7.11 Å². The van der Waals surface area contributed by atoms with Gasteiger partial charge < -0.3 is 23.8 Å². The zero-order chi connectivity index (χ0) is 29.4. The molecular formula is C32H24NaO7PS2. The molecule has 1 N–H and O–H groups in total. The van der Waals surface area contributed by atoms with Crippen molar-refractivity contribution in [3.05, 3.63) is 113 Å². The second-order valence-corrected chi connectivity index (χ2v) is 13.0. The molecule has 2 heterocycles. The molecule has 7 nitrogen and oxygen atoms in total. The Hall–Kier alpha value is -2.88. The molecule has 2 aliphatic rings. The van der Waals surface area contributed by atoms with E-state index in [1.165, 1.54) is 23.5 Å². The van der Waals surface area contributed by atoms with E-state index in [4.69, 9.17) is 13.8 Å². The van der Waals surface area contributed by atoms with Crippen molar-refractivity contribution in [1.29, 1.82) is 0 Å². The quantitative estimate of drug-likeness (QED) is 0.221. The van der Waals surface area contributed by atoms with E-state index in [1.807, 2.05) is 48.5 Å². The molecule has 2 aliphatic heterocycles. The van der Waals surface area contributed by atoms with Gasteiger partial charge in [-0.3, -0.25) is 4.79 Å². The summed E-state index contributed by atoms with van der Waals surface area (Å²) in [5.74, 6) is -0.922. The Morgan fingerprint density at radius 3 is 2.19 bits per heavy atom. The predicted molar refractivity (Wildman–Crippen MR) is 162 cm³/mol. The summed E-state index contributed by atoms with van der Waals surface area (Å²) < 4.78 is 30.7. The number of ether oxygens (including phenoxy) is 1. The molecule has 43 heavy (non-hydrogen) atoms. The van der Waals surface area contributed by atoms with Crippen LogP contribution in [0.5, 0.6) is 5.75 Å². The molecule has 0 fully saturated rings. The van der Waals surface area contributed by atoms with Crippen LogP contribution in [0.25, 0.3) is 23.7 Å². The van der Waals surface area contributed by atoms with Crippen molar-refractivity contribution in [2.45, 2.75) is 32.4 Å². The van der Waals surface area contributed by atoms with Gasteiger partial charge in [0.25, 0.3) is 0 Å². The largest absolute Gasteiger partial charge is 1.00 e. The molecule has 4 aromatic rings. The van der Waals surface area contributed by atoms with Gasteiger partial charge in [0, 0.05) is 25.8 Å². The molecule has 212 valence electrons. The van der Waals surface area contributed by atoms with Crippen molar-refractivity contribution < 1.29 is 62.7 Å². The smallest absolute Gasteiger partial charge is 0.736 e. The fourth-order valence-electron chi connectivity index (χ4n) is 4.69. The number of benzene rings is 4. The Morgan fingerprint density at radius 1 is 0.814 bits per heavy atom. The van der Waals surface area contributed by atoms with E-state index in [2.05, 4.69) is 0 Å². The maximum absolute atomic E-state index is 13.6. The number of hydrogen-bond donors (Lipinski definition) is 1. The van der Waals surface area contributed by atoms with Crippen LogP contribution in [-0.4, -0.2) is 18.2 Å². The molecule has 0 saturated carbocycles. The van der Waals surface area contributed by atoms with Gasteiger partial charge in [-0.25, -0.2) is 4.57 Å². The average Bonchev–Trinajstić information content (AvgIpc) is 3.23. The first-order chi connectivity index (χ1) is 20.2. The van der Waals surface area contributed by atoms with Crippen LogP contribution in [0.3, 0.4) is 0 Å². The van der Waals surface area contributed by atoms with Gasteiger partial charge in [0.15, 0.2) is 0 Å². The van der Waals surface area contributed by atoms with Gasteiger partial charge in [0.05, 0.1) is 17.9 Å². The zero-order valence-corrected chi connectivity index (χ0v) is 28.0. The Kier molecular flexibility index (Phi) is 9.54. The molecule has 0 aromatic heterocycles. The van der Waals surface area contributed by atoms with Gasteiger partial charge in [-0.1, -0.05) is 72.1 Å². The van der Waals surface area contributed by atoms with Crippen LogP contribution < -0.4 is 39.2 Å². The molecule has 4 aromatic carbocycles. The van der Waals surface area contributed by atoms with E-state index in [0.29, 0.717) is 28.0 Å². The number of carboxylic acids is 1. The number of carbonyl (C=O) groups is 1. The van der Waals surface area contributed by atoms with Gasteiger partial charge in [-0.2, -0.15) is 0 Å². The predicted octanol–water partition coefficient (Wildman–Crippen LogP) is 5.01. The second-order valence-electron chi connectivity index (χ2n) is 9.58.